The van der Waals surface area contributed by atoms with Crippen LogP contribution in [-0.2, 0) is 6.42 Å². The van der Waals surface area contributed by atoms with Gasteiger partial charge >= 0.3 is 0 Å². The second-order valence-electron chi connectivity index (χ2n) is 5.60. The molecule has 0 fully saturated rings. The van der Waals surface area contributed by atoms with Crippen LogP contribution >= 0.6 is 11.3 Å². The second kappa shape index (κ2) is 7.15. The molecule has 0 aliphatic heterocycles. The molecule has 22 heavy (non-hydrogen) atoms. The molecule has 4 N–H and O–H groups in total. The Morgan fingerprint density at radius 1 is 1.14 bits per heavy atom. The molecule has 0 bridgehead atoms. The number of aryl methyl sites for hydroxylation is 1. The number of rotatable bonds is 7. The molecule has 0 unspecified atom stereocenters. The summed E-state index contributed by atoms with van der Waals surface area (Å²) < 4.78 is 0. The number of thiophene rings is 1. The van der Waals surface area contributed by atoms with E-state index in [0.29, 0.717) is 12.8 Å². The van der Waals surface area contributed by atoms with Crippen LogP contribution < -0.4 is 5.73 Å². The van der Waals surface area contributed by atoms with E-state index in [1.165, 1.54) is 11.3 Å². The Labute approximate surface area is 134 Å². The van der Waals surface area contributed by atoms with Crippen molar-refractivity contribution >= 4 is 17.1 Å². The van der Waals surface area contributed by atoms with Crippen LogP contribution in [0.15, 0.2) is 36.4 Å². The number of ketones is 1. The van der Waals surface area contributed by atoms with Crippen LogP contribution in [0.1, 0.15) is 28.6 Å². The van der Waals surface area contributed by atoms with Crippen molar-refractivity contribution in [2.24, 2.45) is 5.73 Å². The summed E-state index contributed by atoms with van der Waals surface area (Å²) in [6, 6.07) is 11.9. The maximum absolute atomic E-state index is 11.3. The lowest BCUT2D eigenvalue weighted by molar-refractivity contribution is 0.102. The van der Waals surface area contributed by atoms with Gasteiger partial charge in [-0.25, -0.2) is 0 Å². The lowest BCUT2D eigenvalue weighted by Crippen LogP contribution is -2.47. The molecule has 1 aromatic carbocycles. The molecular formula is C17H21NO3S. The van der Waals surface area contributed by atoms with Crippen LogP contribution in [0.5, 0.6) is 0 Å². The Morgan fingerprint density at radius 2 is 1.77 bits per heavy atom. The third kappa shape index (κ3) is 4.01. The topological polar surface area (TPSA) is 83.6 Å². The smallest absolute Gasteiger partial charge is 0.169 e. The molecule has 0 atom stereocenters. The first kappa shape index (κ1) is 16.8. The maximum atomic E-state index is 11.3. The predicted octanol–water partition coefficient (Wildman–Crippen LogP) is 2.23. The van der Waals surface area contributed by atoms with Gasteiger partial charge in [0.15, 0.2) is 5.78 Å². The minimum absolute atomic E-state index is 0.0835. The fourth-order valence-electron chi connectivity index (χ4n) is 2.12. The van der Waals surface area contributed by atoms with Crippen molar-refractivity contribution in [3.8, 4) is 10.4 Å². The first-order chi connectivity index (χ1) is 10.5. The highest BCUT2D eigenvalue weighted by Crippen LogP contribution is 2.28. The number of Topliss-reactive ketones (excluding diaryl/α,β-unsaturated/α-hetero) is 1. The van der Waals surface area contributed by atoms with Crippen LogP contribution in [0.25, 0.3) is 10.4 Å². The lowest BCUT2D eigenvalue weighted by atomic mass is 9.93. The number of benzene rings is 1. The molecule has 1 heterocycles. The van der Waals surface area contributed by atoms with Crippen molar-refractivity contribution in [1.29, 1.82) is 0 Å². The van der Waals surface area contributed by atoms with Gasteiger partial charge in [0.1, 0.15) is 0 Å². The maximum Gasteiger partial charge on any atom is 0.169 e. The Balaban J connectivity index is 2.05. The zero-order valence-electron chi connectivity index (χ0n) is 12.6. The van der Waals surface area contributed by atoms with E-state index >= 15 is 0 Å². The summed E-state index contributed by atoms with van der Waals surface area (Å²) in [6.45, 7) is 1.11. The molecule has 0 aliphatic carbocycles. The van der Waals surface area contributed by atoms with E-state index < -0.39 is 5.54 Å². The average molecular weight is 319 g/mol. The third-order valence-electron chi connectivity index (χ3n) is 3.73. The lowest BCUT2D eigenvalue weighted by Gasteiger charge is -2.24. The Bertz CT molecular complexity index is 630. The summed E-state index contributed by atoms with van der Waals surface area (Å²) in [4.78, 5) is 13.2. The van der Waals surface area contributed by atoms with E-state index in [1.807, 2.05) is 36.4 Å². The molecule has 1 aromatic heterocycles. The van der Waals surface area contributed by atoms with Gasteiger partial charge in [-0.05, 0) is 43.0 Å². The van der Waals surface area contributed by atoms with Gasteiger partial charge in [0.2, 0.25) is 0 Å². The van der Waals surface area contributed by atoms with E-state index in [1.54, 1.807) is 6.92 Å². The average Bonchev–Trinajstić information content (AvgIpc) is 3.03. The molecule has 0 saturated carbocycles. The minimum atomic E-state index is -0.928. The standard InChI is InChI=1S/C17H21NO3S/c1-12(21)15-6-7-16(22-15)14-4-2-13(3-5-14)8-9-17(18,10-19)11-20/h2-7,19-20H,8-11,18H2,1H3. The highest BCUT2D eigenvalue weighted by atomic mass is 32.1. The van der Waals surface area contributed by atoms with Crippen LogP contribution in [0, 0.1) is 0 Å². The molecular weight excluding hydrogens is 298 g/mol. The second-order valence-corrected chi connectivity index (χ2v) is 6.68. The zero-order valence-corrected chi connectivity index (χ0v) is 13.4. The fraction of sp³-hybridized carbons (Fsp3) is 0.353. The Hall–Kier alpha value is -1.53. The number of aliphatic hydroxyl groups excluding tert-OH is 2. The normalized spacial score (nSPS) is 11.6. The number of hydrogen-bond donors (Lipinski definition) is 3. The van der Waals surface area contributed by atoms with E-state index in [9.17, 15) is 15.0 Å². The number of hydrogen-bond acceptors (Lipinski definition) is 5. The summed E-state index contributed by atoms with van der Waals surface area (Å²) in [7, 11) is 0. The number of nitrogens with two attached hydrogens (primary N) is 1. The van der Waals surface area contributed by atoms with Gasteiger partial charge in [-0.2, -0.15) is 0 Å². The van der Waals surface area contributed by atoms with E-state index in [0.717, 1.165) is 20.9 Å². The number of carbonyl (C=O) groups excluding carboxylic acids is 1. The molecule has 0 amide bonds. The van der Waals surface area contributed by atoms with Crippen LogP contribution in [0.3, 0.4) is 0 Å². The van der Waals surface area contributed by atoms with Crippen molar-refractivity contribution in [1.82, 2.24) is 0 Å². The van der Waals surface area contributed by atoms with Gasteiger partial charge in [-0.1, -0.05) is 24.3 Å². The molecule has 4 nitrogen and oxygen atoms in total. The van der Waals surface area contributed by atoms with Gasteiger partial charge in [-0.15, -0.1) is 11.3 Å². The van der Waals surface area contributed by atoms with Crippen molar-refractivity contribution in [2.75, 3.05) is 13.2 Å². The summed E-state index contributed by atoms with van der Waals surface area (Å²) in [5.41, 5.74) is 7.11. The molecule has 5 heteroatoms. The van der Waals surface area contributed by atoms with Crippen LogP contribution in [-0.4, -0.2) is 34.7 Å². The largest absolute Gasteiger partial charge is 0.394 e. The minimum Gasteiger partial charge on any atom is -0.394 e. The number of carbonyl (C=O) groups is 1. The van der Waals surface area contributed by atoms with Gasteiger partial charge in [0, 0.05) is 4.88 Å². The number of aliphatic hydroxyl groups is 2. The summed E-state index contributed by atoms with van der Waals surface area (Å²) >= 11 is 1.49. The first-order valence-corrected chi connectivity index (χ1v) is 8.00. The highest BCUT2D eigenvalue weighted by molar-refractivity contribution is 7.17. The summed E-state index contributed by atoms with van der Waals surface area (Å²) in [5.74, 6) is 0.0835. The molecule has 0 spiro atoms. The fourth-order valence-corrected chi connectivity index (χ4v) is 3.03. The van der Waals surface area contributed by atoms with Crippen molar-refractivity contribution in [2.45, 2.75) is 25.3 Å². The summed E-state index contributed by atoms with van der Waals surface area (Å²) in [6.07, 6.45) is 1.22. The van der Waals surface area contributed by atoms with E-state index in [2.05, 4.69) is 0 Å². The molecule has 0 radical (unpaired) electrons. The summed E-state index contributed by atoms with van der Waals surface area (Å²) in [5, 5.41) is 18.4. The zero-order chi connectivity index (χ0) is 16.2. The van der Waals surface area contributed by atoms with E-state index in [4.69, 9.17) is 5.73 Å². The molecule has 0 aliphatic rings. The van der Waals surface area contributed by atoms with Crippen LogP contribution in [0.4, 0.5) is 0 Å². The van der Waals surface area contributed by atoms with E-state index in [-0.39, 0.29) is 19.0 Å². The molecule has 2 aromatic rings. The van der Waals surface area contributed by atoms with Crippen molar-refractivity contribution in [3.63, 3.8) is 0 Å². The molecule has 0 saturated heterocycles. The Morgan fingerprint density at radius 3 is 2.27 bits per heavy atom. The third-order valence-corrected chi connectivity index (χ3v) is 4.97. The van der Waals surface area contributed by atoms with Crippen molar-refractivity contribution < 1.29 is 15.0 Å². The molecule has 2 rings (SSSR count). The van der Waals surface area contributed by atoms with Gasteiger partial charge in [0.25, 0.3) is 0 Å². The first-order valence-electron chi connectivity index (χ1n) is 7.18. The van der Waals surface area contributed by atoms with Gasteiger partial charge in [0.05, 0.1) is 23.6 Å². The molecule has 118 valence electrons. The monoisotopic (exact) mass is 319 g/mol. The predicted molar refractivity (Wildman–Crippen MR) is 89.2 cm³/mol. The van der Waals surface area contributed by atoms with Gasteiger partial charge < -0.3 is 15.9 Å². The van der Waals surface area contributed by atoms with Gasteiger partial charge in [-0.3, -0.25) is 4.79 Å². The SMILES string of the molecule is CC(=O)c1ccc(-c2ccc(CCC(N)(CO)CO)cc2)s1. The Kier molecular flexibility index (Phi) is 5.47. The van der Waals surface area contributed by atoms with Crippen molar-refractivity contribution in [3.05, 3.63) is 46.8 Å². The quantitative estimate of drug-likeness (QED) is 0.683. The van der Waals surface area contributed by atoms with Crippen LogP contribution in [0.2, 0.25) is 0 Å². The highest BCUT2D eigenvalue weighted by Gasteiger charge is 2.22.